The van der Waals surface area contributed by atoms with Crippen LogP contribution in [0.5, 0.6) is 0 Å². The van der Waals surface area contributed by atoms with Crippen LogP contribution in [0.25, 0.3) is 0 Å². The molecule has 0 N–H and O–H groups in total. The van der Waals surface area contributed by atoms with Gasteiger partial charge in [0.15, 0.2) is 0 Å². The van der Waals surface area contributed by atoms with Gasteiger partial charge in [0, 0.05) is 23.7 Å². The fourth-order valence-corrected chi connectivity index (χ4v) is 3.52. The van der Waals surface area contributed by atoms with E-state index in [0.29, 0.717) is 11.8 Å². The fourth-order valence-electron chi connectivity index (χ4n) is 3.52. The van der Waals surface area contributed by atoms with Gasteiger partial charge in [-0.05, 0) is 42.9 Å². The van der Waals surface area contributed by atoms with Gasteiger partial charge in [-0.2, -0.15) is 6.21 Å². The Hall–Kier alpha value is -1.97. The maximum absolute atomic E-state index is 4.83. The number of aryl methyl sites for hydroxylation is 2. The summed E-state index contributed by atoms with van der Waals surface area (Å²) in [6.45, 7) is 16.8. The summed E-state index contributed by atoms with van der Waals surface area (Å²) in [6, 6.07) is 16.7. The van der Waals surface area contributed by atoms with Crippen LogP contribution < -0.4 is 24.8 Å². The molecule has 0 amide bonds. The van der Waals surface area contributed by atoms with Crippen molar-refractivity contribution in [3.05, 3.63) is 88.7 Å². The van der Waals surface area contributed by atoms with Crippen LogP contribution in [0.3, 0.4) is 0 Å². The van der Waals surface area contributed by atoms with Gasteiger partial charge in [0.25, 0.3) is 0 Å². The SMILES string of the molecule is CC(=Nc1c(C)cccc1C(C)C)c1cccnc1.C[C-]=Nc1c(C)cccc1C(C)C.[Cl-].[Cl-].[Fe+3]. The molecule has 0 aliphatic rings. The molecular weight excluding hydrogens is 517 g/mol. The van der Waals surface area contributed by atoms with Crippen molar-refractivity contribution in [3.8, 4) is 0 Å². The van der Waals surface area contributed by atoms with E-state index in [1.54, 1.807) is 6.20 Å². The second-order valence-electron chi connectivity index (χ2n) is 8.61. The molecule has 0 saturated carbocycles. The topological polar surface area (TPSA) is 37.6 Å². The maximum Gasteiger partial charge on any atom is 3.00 e. The first kappa shape index (κ1) is 35.2. The molecule has 0 aliphatic heterocycles. The van der Waals surface area contributed by atoms with Gasteiger partial charge >= 0.3 is 17.1 Å². The van der Waals surface area contributed by atoms with Gasteiger partial charge in [0.1, 0.15) is 0 Å². The van der Waals surface area contributed by atoms with Gasteiger partial charge < -0.3 is 29.8 Å². The van der Waals surface area contributed by atoms with Crippen molar-refractivity contribution in [1.82, 2.24) is 4.98 Å². The van der Waals surface area contributed by atoms with E-state index in [4.69, 9.17) is 4.99 Å². The number of hydrogen-bond donors (Lipinski definition) is 0. The van der Waals surface area contributed by atoms with E-state index < -0.39 is 0 Å². The molecule has 35 heavy (non-hydrogen) atoms. The standard InChI is InChI=1S/C17H20N2.C12H16N.2ClH.Fe/c1-12(2)16-9-5-7-13(3)17(16)19-14(4)15-8-6-10-18-11-15;1-5-13-12-10(4)7-6-8-11(12)9(2)3;;;/h5-12H,1-4H3;6-9H,1-4H3;2*1H;/q;-1;;;+3/p-2. The maximum atomic E-state index is 4.83. The Morgan fingerprint density at radius 1 is 0.800 bits per heavy atom. The molecule has 3 nitrogen and oxygen atoms in total. The molecule has 1 aromatic heterocycles. The van der Waals surface area contributed by atoms with E-state index in [9.17, 15) is 0 Å². The molecule has 2 aromatic carbocycles. The normalized spacial score (nSPS) is 10.7. The first-order chi connectivity index (χ1) is 15.3. The van der Waals surface area contributed by atoms with Gasteiger partial charge in [0.2, 0.25) is 0 Å². The molecule has 0 fully saturated rings. The Labute approximate surface area is 235 Å². The van der Waals surface area contributed by atoms with Crippen LogP contribution in [-0.2, 0) is 17.1 Å². The summed E-state index contributed by atoms with van der Waals surface area (Å²) in [7, 11) is 0. The van der Waals surface area contributed by atoms with Crippen LogP contribution >= 0.6 is 0 Å². The quantitative estimate of drug-likeness (QED) is 0.272. The van der Waals surface area contributed by atoms with E-state index >= 15 is 0 Å². The van der Waals surface area contributed by atoms with E-state index in [1.165, 1.54) is 22.3 Å². The number of aromatic nitrogens is 1. The minimum atomic E-state index is 0. The molecule has 6 heteroatoms. The predicted molar refractivity (Wildman–Crippen MR) is 139 cm³/mol. The monoisotopic (exact) mass is 552 g/mol. The zero-order valence-electron chi connectivity index (χ0n) is 21.9. The van der Waals surface area contributed by atoms with Crippen LogP contribution in [0, 0.1) is 13.8 Å². The number of para-hydroxylation sites is 2. The predicted octanol–water partition coefficient (Wildman–Crippen LogP) is 2.38. The minimum Gasteiger partial charge on any atom is -1.00 e. The fraction of sp³-hybridized carbons (Fsp3) is 0.345. The first-order valence-electron chi connectivity index (χ1n) is 11.3. The van der Waals surface area contributed by atoms with E-state index in [-0.39, 0.29) is 41.9 Å². The van der Waals surface area contributed by atoms with Gasteiger partial charge in [-0.25, -0.2) is 0 Å². The summed E-state index contributed by atoms with van der Waals surface area (Å²) in [5.74, 6) is 0.993. The molecule has 1 radical (unpaired) electrons. The van der Waals surface area contributed by atoms with Gasteiger partial charge in [-0.3, -0.25) is 9.98 Å². The van der Waals surface area contributed by atoms with Crippen LogP contribution in [0.2, 0.25) is 0 Å². The Balaban J connectivity index is 0. The van der Waals surface area contributed by atoms with Crippen molar-refractivity contribution < 1.29 is 41.9 Å². The number of pyridine rings is 1. The summed E-state index contributed by atoms with van der Waals surface area (Å²) in [4.78, 5) is 13.3. The molecule has 0 saturated heterocycles. The summed E-state index contributed by atoms with van der Waals surface area (Å²) in [5, 5.41) is 0. The minimum absolute atomic E-state index is 0. The van der Waals surface area contributed by atoms with Crippen molar-refractivity contribution in [3.63, 3.8) is 0 Å². The first-order valence-corrected chi connectivity index (χ1v) is 11.3. The summed E-state index contributed by atoms with van der Waals surface area (Å²) < 4.78 is 0. The Morgan fingerprint density at radius 3 is 1.77 bits per heavy atom. The molecular formula is C29H36Cl2FeN3. The number of nitrogens with zero attached hydrogens (tertiary/aromatic N) is 3. The summed E-state index contributed by atoms with van der Waals surface area (Å²) in [6.07, 6.45) is 6.48. The molecule has 189 valence electrons. The van der Waals surface area contributed by atoms with Crippen molar-refractivity contribution >= 4 is 23.3 Å². The van der Waals surface area contributed by atoms with Crippen molar-refractivity contribution in [2.24, 2.45) is 9.98 Å². The Bertz CT molecular complexity index is 1080. The molecule has 0 aliphatic carbocycles. The van der Waals surface area contributed by atoms with Gasteiger partial charge in [0.05, 0.1) is 5.69 Å². The van der Waals surface area contributed by atoms with Crippen LogP contribution in [0.4, 0.5) is 11.4 Å². The summed E-state index contributed by atoms with van der Waals surface area (Å²) in [5.41, 5.74) is 9.29. The van der Waals surface area contributed by atoms with E-state index in [0.717, 1.165) is 22.6 Å². The number of hydrogen-bond acceptors (Lipinski definition) is 3. The van der Waals surface area contributed by atoms with Gasteiger partial charge in [-0.1, -0.05) is 82.8 Å². The van der Waals surface area contributed by atoms with Crippen molar-refractivity contribution in [2.75, 3.05) is 0 Å². The third kappa shape index (κ3) is 10.3. The van der Waals surface area contributed by atoms with Crippen molar-refractivity contribution in [2.45, 2.75) is 67.2 Å². The van der Waals surface area contributed by atoms with Crippen molar-refractivity contribution in [1.29, 1.82) is 0 Å². The number of rotatable bonds is 5. The molecule has 0 unspecified atom stereocenters. The molecule has 0 spiro atoms. The Morgan fingerprint density at radius 2 is 1.31 bits per heavy atom. The zero-order valence-corrected chi connectivity index (χ0v) is 24.5. The third-order valence-electron chi connectivity index (χ3n) is 5.36. The largest absolute Gasteiger partial charge is 3.00 e. The third-order valence-corrected chi connectivity index (χ3v) is 5.36. The molecule has 3 rings (SSSR count). The number of benzene rings is 2. The second-order valence-corrected chi connectivity index (χ2v) is 8.61. The van der Waals surface area contributed by atoms with Crippen LogP contribution in [-0.4, -0.2) is 16.9 Å². The second kappa shape index (κ2) is 17.5. The van der Waals surface area contributed by atoms with E-state index in [1.807, 2.05) is 32.2 Å². The zero-order chi connectivity index (χ0) is 23.7. The van der Waals surface area contributed by atoms with Gasteiger partial charge in [-0.15, -0.1) is 18.1 Å². The molecule has 0 bridgehead atoms. The van der Waals surface area contributed by atoms with Crippen LogP contribution in [0.15, 0.2) is 70.9 Å². The van der Waals surface area contributed by atoms with E-state index in [2.05, 4.69) is 94.1 Å². The van der Waals surface area contributed by atoms with Crippen LogP contribution in [0.1, 0.15) is 81.2 Å². The molecule has 0 atom stereocenters. The number of halogens is 2. The molecule has 1 heterocycles. The molecule has 3 aromatic rings. The number of aliphatic imine (C=N–C) groups is 2. The average molecular weight is 553 g/mol. The average Bonchev–Trinajstić information content (AvgIpc) is 2.77. The smallest absolute Gasteiger partial charge is 1.00 e. The Kier molecular flexibility index (Phi) is 17.6. The summed E-state index contributed by atoms with van der Waals surface area (Å²) >= 11 is 0.